The van der Waals surface area contributed by atoms with E-state index in [9.17, 15) is 0 Å². The normalized spacial score (nSPS) is 15.9. The highest BCUT2D eigenvalue weighted by Crippen LogP contribution is 2.36. The van der Waals surface area contributed by atoms with Gasteiger partial charge in [-0.2, -0.15) is 0 Å². The van der Waals surface area contributed by atoms with Gasteiger partial charge in [-0.3, -0.25) is 0 Å². The van der Waals surface area contributed by atoms with Gasteiger partial charge in [0.1, 0.15) is 0 Å². The summed E-state index contributed by atoms with van der Waals surface area (Å²) in [5, 5.41) is 13.0. The predicted molar refractivity (Wildman–Crippen MR) is 81.5 cm³/mol. The first-order chi connectivity index (χ1) is 9.79. The van der Waals surface area contributed by atoms with Crippen molar-refractivity contribution in [1.82, 2.24) is 20.2 Å². The minimum absolute atomic E-state index is 0.445. The lowest BCUT2D eigenvalue weighted by Crippen LogP contribution is -2.08. The molecule has 0 radical (unpaired) electrons. The van der Waals surface area contributed by atoms with Gasteiger partial charge in [-0.15, -0.1) is 5.10 Å². The van der Waals surface area contributed by atoms with Gasteiger partial charge in [0, 0.05) is 15.9 Å². The zero-order chi connectivity index (χ0) is 13.9. The van der Waals surface area contributed by atoms with Crippen LogP contribution in [0.1, 0.15) is 37.3 Å². The lowest BCUT2D eigenvalue weighted by atomic mass is 10.2. The Balaban J connectivity index is 1.88. The largest absolute Gasteiger partial charge is 0.326 e. The fraction of sp³-hybridized carbons (Fsp3) is 0.462. The van der Waals surface area contributed by atoms with Crippen molar-refractivity contribution >= 4 is 27.7 Å². The highest BCUT2D eigenvalue weighted by atomic mass is 79.9. The molecule has 0 bridgehead atoms. The van der Waals surface area contributed by atoms with Crippen molar-refractivity contribution in [3.05, 3.63) is 28.2 Å². The van der Waals surface area contributed by atoms with Crippen LogP contribution in [-0.2, 0) is 6.54 Å². The Morgan fingerprint density at radius 1 is 1.35 bits per heavy atom. The Morgan fingerprint density at radius 2 is 2.15 bits per heavy atom. The molecule has 1 aromatic carbocycles. The first kappa shape index (κ1) is 14.0. The van der Waals surface area contributed by atoms with Crippen molar-refractivity contribution in [3.63, 3.8) is 0 Å². The number of benzene rings is 1. The third kappa shape index (κ3) is 2.75. The average molecular weight is 354 g/mol. The minimum atomic E-state index is 0.445. The van der Waals surface area contributed by atoms with Crippen LogP contribution in [0, 0.1) is 0 Å². The van der Waals surface area contributed by atoms with E-state index in [-0.39, 0.29) is 0 Å². The lowest BCUT2D eigenvalue weighted by molar-refractivity contribution is 0.423. The zero-order valence-corrected chi connectivity index (χ0v) is 13.4. The van der Waals surface area contributed by atoms with Crippen LogP contribution < -0.4 is 5.73 Å². The van der Waals surface area contributed by atoms with Gasteiger partial charge in [-0.05, 0) is 52.7 Å². The molecule has 1 aliphatic carbocycles. The summed E-state index contributed by atoms with van der Waals surface area (Å²) in [6.07, 6.45) is 4.86. The fourth-order valence-corrected chi connectivity index (χ4v) is 4.24. The summed E-state index contributed by atoms with van der Waals surface area (Å²) in [6, 6.07) is 6.52. The van der Waals surface area contributed by atoms with Gasteiger partial charge in [0.25, 0.3) is 0 Å². The van der Waals surface area contributed by atoms with E-state index in [1.807, 2.05) is 16.8 Å². The van der Waals surface area contributed by atoms with Gasteiger partial charge >= 0.3 is 0 Å². The monoisotopic (exact) mass is 353 g/mol. The van der Waals surface area contributed by atoms with Crippen molar-refractivity contribution in [2.75, 3.05) is 0 Å². The predicted octanol–water partition coefficient (Wildman–Crippen LogP) is 3.16. The summed E-state index contributed by atoms with van der Waals surface area (Å²) in [5.41, 5.74) is 6.93. The maximum absolute atomic E-state index is 5.84. The van der Waals surface area contributed by atoms with Crippen LogP contribution in [-0.4, -0.2) is 20.2 Å². The quantitative estimate of drug-likeness (QED) is 0.913. The van der Waals surface area contributed by atoms with Crippen LogP contribution in [0.5, 0.6) is 0 Å². The second-order valence-corrected chi connectivity index (χ2v) is 6.73. The molecule has 1 heterocycles. The average Bonchev–Trinajstić information content (AvgIpc) is 3.09. The molecule has 0 unspecified atom stereocenters. The molecule has 5 nitrogen and oxygen atoms in total. The molecule has 1 saturated carbocycles. The highest BCUT2D eigenvalue weighted by molar-refractivity contribution is 9.10. The van der Waals surface area contributed by atoms with Crippen LogP contribution in [0.25, 0.3) is 0 Å². The van der Waals surface area contributed by atoms with Gasteiger partial charge in [0.2, 0.25) is 5.16 Å². The van der Waals surface area contributed by atoms with Gasteiger partial charge in [0.05, 0.1) is 6.04 Å². The molecule has 7 heteroatoms. The van der Waals surface area contributed by atoms with Gasteiger partial charge in [0.15, 0.2) is 0 Å². The Kier molecular flexibility index (Phi) is 4.38. The molecule has 2 aromatic rings. The van der Waals surface area contributed by atoms with E-state index in [2.05, 4.69) is 37.5 Å². The molecule has 3 rings (SSSR count). The summed E-state index contributed by atoms with van der Waals surface area (Å²) in [5.74, 6) is 0. The van der Waals surface area contributed by atoms with Crippen molar-refractivity contribution in [3.8, 4) is 0 Å². The van der Waals surface area contributed by atoms with E-state index in [0.29, 0.717) is 12.6 Å². The number of nitrogens with two attached hydrogens (primary N) is 1. The zero-order valence-electron chi connectivity index (χ0n) is 11.0. The molecule has 0 atom stereocenters. The number of halogens is 1. The van der Waals surface area contributed by atoms with Crippen molar-refractivity contribution in [2.24, 2.45) is 5.73 Å². The molecule has 1 aliphatic rings. The molecule has 0 saturated heterocycles. The lowest BCUT2D eigenvalue weighted by Gasteiger charge is -2.12. The van der Waals surface area contributed by atoms with E-state index < -0.39 is 0 Å². The molecule has 1 aromatic heterocycles. The van der Waals surface area contributed by atoms with E-state index in [1.54, 1.807) is 11.8 Å². The van der Waals surface area contributed by atoms with Gasteiger partial charge in [-0.1, -0.05) is 34.8 Å². The number of hydrogen-bond acceptors (Lipinski definition) is 5. The summed E-state index contributed by atoms with van der Waals surface area (Å²) in [4.78, 5) is 1.11. The molecule has 20 heavy (non-hydrogen) atoms. The second kappa shape index (κ2) is 6.24. The highest BCUT2D eigenvalue weighted by Gasteiger charge is 2.22. The van der Waals surface area contributed by atoms with Crippen molar-refractivity contribution in [2.45, 2.75) is 48.3 Å². The second-order valence-electron chi connectivity index (χ2n) is 4.87. The van der Waals surface area contributed by atoms with Crippen LogP contribution >= 0.6 is 27.7 Å². The maximum atomic E-state index is 5.84. The molecule has 0 amide bonds. The van der Waals surface area contributed by atoms with Crippen LogP contribution in [0.15, 0.2) is 32.7 Å². The number of nitrogens with zero attached hydrogens (tertiary/aromatic N) is 4. The Hall–Kier alpha value is -0.920. The van der Waals surface area contributed by atoms with E-state index in [4.69, 9.17) is 5.73 Å². The summed E-state index contributed by atoms with van der Waals surface area (Å²) in [7, 11) is 0. The molecule has 106 valence electrons. The minimum Gasteiger partial charge on any atom is -0.326 e. The summed E-state index contributed by atoms with van der Waals surface area (Å²) >= 11 is 5.13. The maximum Gasteiger partial charge on any atom is 0.214 e. The molecular formula is C13H16BrN5S. The number of hydrogen-bond donors (Lipinski definition) is 1. The fourth-order valence-electron chi connectivity index (χ4n) is 2.56. The van der Waals surface area contributed by atoms with Crippen LogP contribution in [0.4, 0.5) is 0 Å². The third-order valence-electron chi connectivity index (χ3n) is 3.61. The van der Waals surface area contributed by atoms with Crippen molar-refractivity contribution in [1.29, 1.82) is 0 Å². The SMILES string of the molecule is NCc1c(Br)cccc1Sc1nnnn1C1CCCC1. The van der Waals surface area contributed by atoms with Crippen LogP contribution in [0.3, 0.4) is 0 Å². The molecular weight excluding hydrogens is 338 g/mol. The molecule has 1 fully saturated rings. The third-order valence-corrected chi connectivity index (χ3v) is 5.41. The first-order valence-electron chi connectivity index (χ1n) is 6.72. The molecule has 2 N–H and O–H groups in total. The van der Waals surface area contributed by atoms with E-state index in [1.165, 1.54) is 25.7 Å². The topological polar surface area (TPSA) is 69.6 Å². The number of tetrazole rings is 1. The smallest absolute Gasteiger partial charge is 0.214 e. The Bertz CT molecular complexity index is 594. The first-order valence-corrected chi connectivity index (χ1v) is 8.33. The number of aromatic nitrogens is 4. The van der Waals surface area contributed by atoms with Gasteiger partial charge < -0.3 is 5.73 Å². The van der Waals surface area contributed by atoms with Gasteiger partial charge in [-0.25, -0.2) is 4.68 Å². The standard InChI is InChI=1S/C13H16BrN5S/c14-11-6-3-7-12(10(11)8-15)20-13-16-17-18-19(13)9-4-1-2-5-9/h3,6-7,9H,1-2,4-5,8,15H2. The van der Waals surface area contributed by atoms with E-state index >= 15 is 0 Å². The Morgan fingerprint density at radius 3 is 2.90 bits per heavy atom. The Labute approximate surface area is 130 Å². The summed E-state index contributed by atoms with van der Waals surface area (Å²) < 4.78 is 3.00. The molecule has 0 spiro atoms. The van der Waals surface area contributed by atoms with Crippen molar-refractivity contribution < 1.29 is 0 Å². The number of rotatable bonds is 4. The van der Waals surface area contributed by atoms with Crippen LogP contribution in [0.2, 0.25) is 0 Å². The molecule has 0 aliphatic heterocycles. The summed E-state index contributed by atoms with van der Waals surface area (Å²) in [6.45, 7) is 0.495. The van der Waals surface area contributed by atoms with E-state index in [0.717, 1.165) is 20.1 Å².